The fourth-order valence-electron chi connectivity index (χ4n) is 3.00. The van der Waals surface area contributed by atoms with Crippen LogP contribution in [0.15, 0.2) is 18.2 Å². The van der Waals surface area contributed by atoms with Crippen LogP contribution in [0.25, 0.3) is 0 Å². The van der Waals surface area contributed by atoms with Crippen molar-refractivity contribution in [3.63, 3.8) is 0 Å². The minimum atomic E-state index is 0.261. The second kappa shape index (κ2) is 7.09. The third-order valence-corrected chi connectivity index (χ3v) is 4.04. The highest BCUT2D eigenvalue weighted by molar-refractivity contribution is 5.56. The molecule has 0 aliphatic carbocycles. The number of nitrogens with zero attached hydrogens (tertiary/aromatic N) is 1. The summed E-state index contributed by atoms with van der Waals surface area (Å²) in [6.45, 7) is 9.94. The number of hydrogen-bond donors (Lipinski definition) is 2. The van der Waals surface area contributed by atoms with Crippen LogP contribution in [0.3, 0.4) is 0 Å². The van der Waals surface area contributed by atoms with Gasteiger partial charge in [-0.05, 0) is 49.4 Å². The van der Waals surface area contributed by atoms with Gasteiger partial charge in [0.05, 0.1) is 12.6 Å². The summed E-state index contributed by atoms with van der Waals surface area (Å²) >= 11 is 0. The lowest BCUT2D eigenvalue weighted by molar-refractivity contribution is 0.266. The Morgan fingerprint density at radius 2 is 2.20 bits per heavy atom. The van der Waals surface area contributed by atoms with Gasteiger partial charge in [0.15, 0.2) is 0 Å². The summed E-state index contributed by atoms with van der Waals surface area (Å²) in [7, 11) is 0. The smallest absolute Gasteiger partial charge is 0.0635 e. The predicted molar refractivity (Wildman–Crippen MR) is 85.2 cm³/mol. The molecule has 2 N–H and O–H groups in total. The van der Waals surface area contributed by atoms with Crippen LogP contribution >= 0.6 is 0 Å². The molecule has 1 atom stereocenters. The summed E-state index contributed by atoms with van der Waals surface area (Å²) in [6, 6.07) is 7.01. The van der Waals surface area contributed by atoms with Gasteiger partial charge in [0, 0.05) is 18.8 Å². The highest BCUT2D eigenvalue weighted by Gasteiger charge is 2.24. The maximum atomic E-state index is 9.46. The van der Waals surface area contributed by atoms with Crippen LogP contribution in [0.4, 0.5) is 5.69 Å². The predicted octanol–water partition coefficient (Wildman–Crippen LogP) is 2.70. The average molecular weight is 276 g/mol. The highest BCUT2D eigenvalue weighted by atomic mass is 16.3. The van der Waals surface area contributed by atoms with Crippen LogP contribution in [-0.4, -0.2) is 30.8 Å². The zero-order chi connectivity index (χ0) is 14.5. The molecule has 1 aliphatic rings. The largest absolute Gasteiger partial charge is 0.394 e. The first-order chi connectivity index (χ1) is 9.61. The van der Waals surface area contributed by atoms with E-state index in [-0.39, 0.29) is 6.61 Å². The molecule has 1 aromatic rings. The van der Waals surface area contributed by atoms with Gasteiger partial charge in [0.25, 0.3) is 0 Å². The lowest BCUT2D eigenvalue weighted by Gasteiger charge is -2.27. The number of rotatable bonds is 6. The third-order valence-electron chi connectivity index (χ3n) is 4.04. The zero-order valence-corrected chi connectivity index (χ0v) is 13.0. The van der Waals surface area contributed by atoms with Gasteiger partial charge in [0.1, 0.15) is 0 Å². The van der Waals surface area contributed by atoms with Gasteiger partial charge in [0.2, 0.25) is 0 Å². The SMILES string of the molecule is Cc1cc(CNCC(C)C)ccc1N1CCCC1CO. The average Bonchev–Trinajstić information content (AvgIpc) is 2.86. The van der Waals surface area contributed by atoms with Crippen molar-refractivity contribution in [1.82, 2.24) is 5.32 Å². The summed E-state index contributed by atoms with van der Waals surface area (Å²) in [6.07, 6.45) is 2.29. The molecule has 0 saturated carbocycles. The van der Waals surface area contributed by atoms with Crippen molar-refractivity contribution < 1.29 is 5.11 Å². The van der Waals surface area contributed by atoms with Crippen molar-refractivity contribution in [2.24, 2.45) is 5.92 Å². The molecule has 1 fully saturated rings. The van der Waals surface area contributed by atoms with Crippen LogP contribution in [0.5, 0.6) is 0 Å². The third kappa shape index (κ3) is 3.74. The minimum absolute atomic E-state index is 0.261. The Bertz CT molecular complexity index is 431. The molecule has 20 heavy (non-hydrogen) atoms. The first kappa shape index (κ1) is 15.3. The van der Waals surface area contributed by atoms with E-state index in [0.717, 1.165) is 26.1 Å². The Balaban J connectivity index is 2.02. The molecule has 0 aromatic heterocycles. The minimum Gasteiger partial charge on any atom is -0.394 e. The second-order valence-electron chi connectivity index (χ2n) is 6.32. The zero-order valence-electron chi connectivity index (χ0n) is 13.0. The van der Waals surface area contributed by atoms with E-state index in [0.29, 0.717) is 12.0 Å². The maximum absolute atomic E-state index is 9.46. The van der Waals surface area contributed by atoms with E-state index < -0.39 is 0 Å². The van der Waals surface area contributed by atoms with Crippen molar-refractivity contribution in [3.8, 4) is 0 Å². The van der Waals surface area contributed by atoms with Gasteiger partial charge >= 0.3 is 0 Å². The van der Waals surface area contributed by atoms with Gasteiger partial charge in [-0.3, -0.25) is 0 Å². The lowest BCUT2D eigenvalue weighted by Crippen LogP contribution is -2.32. The Labute approximate surface area is 123 Å². The molecule has 1 aliphatic heterocycles. The number of aliphatic hydroxyl groups is 1. The molecule has 3 nitrogen and oxygen atoms in total. The monoisotopic (exact) mass is 276 g/mol. The molecule has 1 saturated heterocycles. The molecule has 0 bridgehead atoms. The van der Waals surface area contributed by atoms with E-state index in [1.807, 2.05) is 0 Å². The normalized spacial score (nSPS) is 19.1. The number of aliphatic hydroxyl groups excluding tert-OH is 1. The molecular formula is C17H28N2O. The molecule has 3 heteroatoms. The summed E-state index contributed by atoms with van der Waals surface area (Å²) in [5, 5.41) is 12.9. The molecular weight excluding hydrogens is 248 g/mol. The number of anilines is 1. The number of hydrogen-bond acceptors (Lipinski definition) is 3. The first-order valence-electron chi connectivity index (χ1n) is 7.79. The van der Waals surface area contributed by atoms with Crippen LogP contribution in [0.2, 0.25) is 0 Å². The van der Waals surface area contributed by atoms with Crippen molar-refractivity contribution >= 4 is 5.69 Å². The lowest BCUT2D eigenvalue weighted by atomic mass is 10.1. The quantitative estimate of drug-likeness (QED) is 0.838. The second-order valence-corrected chi connectivity index (χ2v) is 6.32. The molecule has 1 heterocycles. The number of nitrogens with one attached hydrogen (secondary N) is 1. The van der Waals surface area contributed by atoms with Crippen molar-refractivity contribution in [1.29, 1.82) is 0 Å². The fraction of sp³-hybridized carbons (Fsp3) is 0.647. The van der Waals surface area contributed by atoms with E-state index in [4.69, 9.17) is 0 Å². The summed E-state index contributed by atoms with van der Waals surface area (Å²) in [5.74, 6) is 0.685. The molecule has 0 amide bonds. The number of aryl methyl sites for hydroxylation is 1. The summed E-state index contributed by atoms with van der Waals surface area (Å²) in [5.41, 5.74) is 3.94. The topological polar surface area (TPSA) is 35.5 Å². The maximum Gasteiger partial charge on any atom is 0.0635 e. The molecule has 0 radical (unpaired) electrons. The molecule has 112 valence electrons. The molecule has 0 spiro atoms. The van der Waals surface area contributed by atoms with Gasteiger partial charge in [-0.25, -0.2) is 0 Å². The van der Waals surface area contributed by atoms with Crippen molar-refractivity contribution in [3.05, 3.63) is 29.3 Å². The summed E-state index contributed by atoms with van der Waals surface area (Å²) in [4.78, 5) is 2.36. The molecule has 1 unspecified atom stereocenters. The van der Waals surface area contributed by atoms with E-state index in [9.17, 15) is 5.11 Å². The molecule has 1 aromatic carbocycles. The summed E-state index contributed by atoms with van der Waals surface area (Å²) < 4.78 is 0. The Hall–Kier alpha value is -1.06. The molecule has 2 rings (SSSR count). The van der Waals surface area contributed by atoms with Gasteiger partial charge in [-0.2, -0.15) is 0 Å². The van der Waals surface area contributed by atoms with Gasteiger partial charge < -0.3 is 15.3 Å². The fourth-order valence-corrected chi connectivity index (χ4v) is 3.00. The number of benzene rings is 1. The Morgan fingerprint density at radius 1 is 1.40 bits per heavy atom. The standard InChI is InChI=1S/C17H28N2O/c1-13(2)10-18-11-15-6-7-17(14(3)9-15)19-8-4-5-16(19)12-20/h6-7,9,13,16,18,20H,4-5,8,10-12H2,1-3H3. The van der Waals surface area contributed by atoms with E-state index >= 15 is 0 Å². The van der Waals surface area contributed by atoms with Gasteiger partial charge in [-0.15, -0.1) is 0 Å². The Morgan fingerprint density at radius 3 is 2.85 bits per heavy atom. The van der Waals surface area contributed by atoms with Crippen molar-refractivity contribution in [2.45, 2.75) is 46.2 Å². The van der Waals surface area contributed by atoms with Crippen LogP contribution in [0.1, 0.15) is 37.8 Å². The van der Waals surface area contributed by atoms with E-state index in [1.165, 1.54) is 23.2 Å². The van der Waals surface area contributed by atoms with Crippen molar-refractivity contribution in [2.75, 3.05) is 24.6 Å². The van der Waals surface area contributed by atoms with Crippen LogP contribution in [-0.2, 0) is 6.54 Å². The van der Waals surface area contributed by atoms with Gasteiger partial charge in [-0.1, -0.05) is 26.0 Å². The first-order valence-corrected chi connectivity index (χ1v) is 7.79. The van der Waals surface area contributed by atoms with Crippen LogP contribution < -0.4 is 10.2 Å². The Kier molecular flexibility index (Phi) is 5.44. The van der Waals surface area contributed by atoms with E-state index in [1.54, 1.807) is 0 Å². The van der Waals surface area contributed by atoms with E-state index in [2.05, 4.69) is 49.2 Å². The van der Waals surface area contributed by atoms with Crippen LogP contribution in [0, 0.1) is 12.8 Å². The highest BCUT2D eigenvalue weighted by Crippen LogP contribution is 2.28.